The third-order valence-electron chi connectivity index (χ3n) is 3.44. The Bertz CT molecular complexity index is 979. The summed E-state index contributed by atoms with van der Waals surface area (Å²) in [5.41, 5.74) is 1.66. The maximum atomic E-state index is 13.1. The number of anilines is 2. The van der Waals surface area contributed by atoms with Crippen LogP contribution in [0.2, 0.25) is 5.02 Å². The molecular formula is C19H15ClFN3O2S2. The average Bonchev–Trinajstić information content (AvgIpc) is 3.09. The molecule has 2 aromatic carbocycles. The molecule has 0 aliphatic rings. The van der Waals surface area contributed by atoms with Crippen LogP contribution in [0.25, 0.3) is 0 Å². The molecule has 2 N–H and O–H groups in total. The highest BCUT2D eigenvalue weighted by atomic mass is 35.5. The number of rotatable bonds is 7. The summed E-state index contributed by atoms with van der Waals surface area (Å²) in [6.07, 6.45) is 0.0740. The second kappa shape index (κ2) is 9.68. The van der Waals surface area contributed by atoms with E-state index in [4.69, 9.17) is 11.6 Å². The summed E-state index contributed by atoms with van der Waals surface area (Å²) in [6, 6.07) is 12.5. The van der Waals surface area contributed by atoms with Crippen molar-refractivity contribution in [3.05, 3.63) is 70.4 Å². The molecule has 28 heavy (non-hydrogen) atoms. The number of nitrogens with zero attached hydrogens (tertiary/aromatic N) is 1. The molecule has 144 valence electrons. The SMILES string of the molecule is O=C(CSc1nc(CC(=O)Nc2cccc(F)c2)cs1)Nc1ccc(Cl)cc1. The first-order valence-corrected chi connectivity index (χ1v) is 10.4. The Hall–Kier alpha value is -2.42. The van der Waals surface area contributed by atoms with E-state index in [0.717, 1.165) is 0 Å². The number of carbonyl (C=O) groups is 2. The molecule has 3 rings (SSSR count). The molecule has 0 bridgehead atoms. The Labute approximate surface area is 174 Å². The summed E-state index contributed by atoms with van der Waals surface area (Å²) < 4.78 is 13.8. The molecule has 9 heteroatoms. The minimum atomic E-state index is -0.415. The quantitative estimate of drug-likeness (QED) is 0.520. The molecule has 1 heterocycles. The van der Waals surface area contributed by atoms with Crippen LogP contribution in [0.3, 0.4) is 0 Å². The summed E-state index contributed by atoms with van der Waals surface area (Å²) in [5, 5.41) is 7.77. The van der Waals surface area contributed by atoms with Gasteiger partial charge < -0.3 is 10.6 Å². The molecule has 0 aliphatic heterocycles. The van der Waals surface area contributed by atoms with Crippen molar-refractivity contribution in [3.63, 3.8) is 0 Å². The van der Waals surface area contributed by atoms with E-state index in [1.54, 1.807) is 35.7 Å². The van der Waals surface area contributed by atoms with Crippen LogP contribution in [0, 0.1) is 5.82 Å². The van der Waals surface area contributed by atoms with Crippen LogP contribution in [0.4, 0.5) is 15.8 Å². The minimum Gasteiger partial charge on any atom is -0.326 e. The van der Waals surface area contributed by atoms with Crippen molar-refractivity contribution < 1.29 is 14.0 Å². The first-order valence-electron chi connectivity index (χ1n) is 8.16. The number of thiazole rings is 1. The highest BCUT2D eigenvalue weighted by Gasteiger charge is 2.11. The van der Waals surface area contributed by atoms with E-state index in [-0.39, 0.29) is 24.0 Å². The molecule has 2 amide bonds. The van der Waals surface area contributed by atoms with Crippen molar-refractivity contribution in [2.45, 2.75) is 10.8 Å². The van der Waals surface area contributed by atoms with Crippen molar-refractivity contribution >= 4 is 57.9 Å². The highest BCUT2D eigenvalue weighted by Crippen LogP contribution is 2.23. The minimum absolute atomic E-state index is 0.0740. The zero-order valence-corrected chi connectivity index (χ0v) is 16.8. The van der Waals surface area contributed by atoms with Gasteiger partial charge in [0.1, 0.15) is 5.82 Å². The smallest absolute Gasteiger partial charge is 0.234 e. The number of aromatic nitrogens is 1. The second-order valence-electron chi connectivity index (χ2n) is 5.68. The van der Waals surface area contributed by atoms with Crippen LogP contribution in [0.15, 0.2) is 58.3 Å². The number of hydrogen-bond acceptors (Lipinski definition) is 5. The summed E-state index contributed by atoms with van der Waals surface area (Å²) in [4.78, 5) is 28.4. The van der Waals surface area contributed by atoms with Crippen LogP contribution < -0.4 is 10.6 Å². The number of thioether (sulfide) groups is 1. The van der Waals surface area contributed by atoms with Crippen molar-refractivity contribution in [3.8, 4) is 0 Å². The molecule has 0 spiro atoms. The molecule has 5 nitrogen and oxygen atoms in total. The van der Waals surface area contributed by atoms with Crippen LogP contribution in [-0.4, -0.2) is 22.6 Å². The molecule has 0 unspecified atom stereocenters. The van der Waals surface area contributed by atoms with Gasteiger partial charge >= 0.3 is 0 Å². The lowest BCUT2D eigenvalue weighted by atomic mass is 10.3. The van der Waals surface area contributed by atoms with Gasteiger partial charge in [0.05, 0.1) is 17.9 Å². The van der Waals surface area contributed by atoms with E-state index in [2.05, 4.69) is 15.6 Å². The highest BCUT2D eigenvalue weighted by molar-refractivity contribution is 8.01. The van der Waals surface area contributed by atoms with E-state index in [0.29, 0.717) is 26.4 Å². The van der Waals surface area contributed by atoms with Gasteiger partial charge in [0.2, 0.25) is 11.8 Å². The maximum absolute atomic E-state index is 13.1. The van der Waals surface area contributed by atoms with E-state index in [1.165, 1.54) is 41.3 Å². The van der Waals surface area contributed by atoms with Gasteiger partial charge in [-0.2, -0.15) is 0 Å². The van der Waals surface area contributed by atoms with Gasteiger partial charge in [0, 0.05) is 21.8 Å². The van der Waals surface area contributed by atoms with Gasteiger partial charge in [0.25, 0.3) is 0 Å². The first kappa shape index (κ1) is 20.3. The van der Waals surface area contributed by atoms with Crippen molar-refractivity contribution in [1.29, 1.82) is 0 Å². The first-order chi connectivity index (χ1) is 13.5. The maximum Gasteiger partial charge on any atom is 0.234 e. The Kier molecular flexibility index (Phi) is 7.02. The number of amides is 2. The molecule has 0 saturated heterocycles. The van der Waals surface area contributed by atoms with Crippen LogP contribution >= 0.6 is 34.7 Å². The summed E-state index contributed by atoms with van der Waals surface area (Å²) in [6.45, 7) is 0. The monoisotopic (exact) mass is 435 g/mol. The van der Waals surface area contributed by atoms with Crippen molar-refractivity contribution in [2.24, 2.45) is 0 Å². The Morgan fingerprint density at radius 2 is 1.82 bits per heavy atom. The van der Waals surface area contributed by atoms with E-state index >= 15 is 0 Å². The molecule has 0 radical (unpaired) electrons. The van der Waals surface area contributed by atoms with Gasteiger partial charge in [-0.15, -0.1) is 11.3 Å². The fraction of sp³-hybridized carbons (Fsp3) is 0.105. The number of nitrogens with one attached hydrogen (secondary N) is 2. The van der Waals surface area contributed by atoms with E-state index < -0.39 is 5.82 Å². The molecule has 1 aromatic heterocycles. The van der Waals surface area contributed by atoms with E-state index in [9.17, 15) is 14.0 Å². The molecule has 0 saturated carbocycles. The molecule has 3 aromatic rings. The topological polar surface area (TPSA) is 71.1 Å². The molecule has 0 aliphatic carbocycles. The second-order valence-corrected chi connectivity index (χ2v) is 8.20. The Morgan fingerprint density at radius 3 is 2.57 bits per heavy atom. The largest absolute Gasteiger partial charge is 0.326 e. The fourth-order valence-electron chi connectivity index (χ4n) is 2.23. The lowest BCUT2D eigenvalue weighted by Crippen LogP contribution is -2.15. The van der Waals surface area contributed by atoms with Gasteiger partial charge in [-0.3, -0.25) is 9.59 Å². The fourth-order valence-corrected chi connectivity index (χ4v) is 4.00. The Morgan fingerprint density at radius 1 is 1.07 bits per heavy atom. The van der Waals surface area contributed by atoms with Crippen LogP contribution in [0.5, 0.6) is 0 Å². The van der Waals surface area contributed by atoms with Crippen LogP contribution in [-0.2, 0) is 16.0 Å². The number of halogens is 2. The van der Waals surface area contributed by atoms with Gasteiger partial charge in [-0.05, 0) is 42.5 Å². The lowest BCUT2D eigenvalue weighted by Gasteiger charge is -2.04. The third kappa shape index (κ3) is 6.33. The molecular weight excluding hydrogens is 421 g/mol. The summed E-state index contributed by atoms with van der Waals surface area (Å²) >= 11 is 8.47. The number of carbonyl (C=O) groups excluding carboxylic acids is 2. The summed E-state index contributed by atoms with van der Waals surface area (Å²) in [5.74, 6) is -0.659. The molecule has 0 atom stereocenters. The molecule has 0 fully saturated rings. The van der Waals surface area contributed by atoms with Crippen LogP contribution in [0.1, 0.15) is 5.69 Å². The van der Waals surface area contributed by atoms with Gasteiger partial charge in [-0.1, -0.05) is 29.4 Å². The number of hydrogen-bond donors (Lipinski definition) is 2. The van der Waals surface area contributed by atoms with Gasteiger partial charge in [0.15, 0.2) is 4.34 Å². The number of benzene rings is 2. The van der Waals surface area contributed by atoms with Gasteiger partial charge in [-0.25, -0.2) is 9.37 Å². The van der Waals surface area contributed by atoms with Crippen molar-refractivity contribution in [2.75, 3.05) is 16.4 Å². The average molecular weight is 436 g/mol. The lowest BCUT2D eigenvalue weighted by molar-refractivity contribution is -0.116. The van der Waals surface area contributed by atoms with E-state index in [1.807, 2.05) is 0 Å². The zero-order valence-electron chi connectivity index (χ0n) is 14.4. The van der Waals surface area contributed by atoms with Crippen molar-refractivity contribution in [1.82, 2.24) is 4.98 Å². The normalized spacial score (nSPS) is 10.5. The summed E-state index contributed by atoms with van der Waals surface area (Å²) in [7, 11) is 0. The zero-order chi connectivity index (χ0) is 19.9. The third-order valence-corrected chi connectivity index (χ3v) is 5.76. The Balaban J connectivity index is 1.46. The standard InChI is InChI=1S/C19H15ClFN3O2S2/c20-12-4-6-14(7-5-12)22-18(26)11-28-19-24-16(10-27-19)9-17(25)23-15-3-1-2-13(21)8-15/h1-8,10H,9,11H2,(H,22,26)(H,23,25). The predicted octanol–water partition coefficient (Wildman–Crippen LogP) is 4.85. The predicted molar refractivity (Wildman–Crippen MR) is 112 cm³/mol.